The van der Waals surface area contributed by atoms with Crippen LogP contribution >= 0.6 is 0 Å². The lowest BCUT2D eigenvalue weighted by Crippen LogP contribution is -2.40. The molecule has 86 valence electrons. The molecule has 0 aromatic carbocycles. The molecule has 3 N–H and O–H groups in total. The van der Waals surface area contributed by atoms with Crippen LogP contribution in [0.1, 0.15) is 39.5 Å². The van der Waals surface area contributed by atoms with Gasteiger partial charge in [0.2, 0.25) is 0 Å². The van der Waals surface area contributed by atoms with Crippen LogP contribution in [0.2, 0.25) is 0 Å². The van der Waals surface area contributed by atoms with Gasteiger partial charge in [0.1, 0.15) is 0 Å². The quantitative estimate of drug-likeness (QED) is 0.742. The number of nitrogens with one attached hydrogen (secondary N) is 1. The zero-order valence-electron chi connectivity index (χ0n) is 9.92. The molecule has 2 aliphatic rings. The third-order valence-electron chi connectivity index (χ3n) is 3.72. The van der Waals surface area contributed by atoms with Gasteiger partial charge in [0.15, 0.2) is 0 Å². The average molecular weight is 209 g/mol. The summed E-state index contributed by atoms with van der Waals surface area (Å²) in [6, 6.07) is 0.529. The van der Waals surface area contributed by atoms with Gasteiger partial charge in [-0.2, -0.15) is 0 Å². The van der Waals surface area contributed by atoms with Crippen LogP contribution in [0.5, 0.6) is 0 Å². The summed E-state index contributed by atoms with van der Waals surface area (Å²) in [5.41, 5.74) is 12.4. The Hall–Kier alpha value is -0.540. The maximum Gasteiger partial charge on any atom is 0.0464 e. The van der Waals surface area contributed by atoms with Gasteiger partial charge >= 0.3 is 0 Å². The predicted octanol–water partition coefficient (Wildman–Crippen LogP) is 1.62. The van der Waals surface area contributed by atoms with Crippen molar-refractivity contribution in [2.45, 2.75) is 45.6 Å². The van der Waals surface area contributed by atoms with Crippen LogP contribution in [0.15, 0.2) is 11.3 Å². The minimum atomic E-state index is 0.529. The molecule has 3 nitrogen and oxygen atoms in total. The second kappa shape index (κ2) is 4.54. The smallest absolute Gasteiger partial charge is 0.0464 e. The fraction of sp³-hybridized carbons (Fsp3) is 0.833. The monoisotopic (exact) mass is 209 g/mol. The Morgan fingerprint density at radius 3 is 3.00 bits per heavy atom. The van der Waals surface area contributed by atoms with Crippen molar-refractivity contribution in [2.24, 2.45) is 11.7 Å². The van der Waals surface area contributed by atoms with E-state index in [4.69, 9.17) is 5.73 Å². The molecule has 0 amide bonds. The number of allylic oxidation sites excluding steroid dienone is 1. The van der Waals surface area contributed by atoms with E-state index in [9.17, 15) is 0 Å². The van der Waals surface area contributed by atoms with Gasteiger partial charge < -0.3 is 10.7 Å². The summed E-state index contributed by atoms with van der Waals surface area (Å²) in [7, 11) is 0. The van der Waals surface area contributed by atoms with Crippen LogP contribution in [-0.4, -0.2) is 24.1 Å². The standard InChI is InChI=1S/C12H23N3/c1-3-10-5-4-6-11-9(2)14-15(8-7-13)12(10)11/h9-10,14H,3-8,13H2,1-2H3. The van der Waals surface area contributed by atoms with Crippen LogP contribution in [0.25, 0.3) is 0 Å². The van der Waals surface area contributed by atoms with Crippen molar-refractivity contribution < 1.29 is 0 Å². The molecular formula is C12H23N3. The highest BCUT2D eigenvalue weighted by molar-refractivity contribution is 5.27. The van der Waals surface area contributed by atoms with Crippen molar-refractivity contribution in [1.82, 2.24) is 10.4 Å². The van der Waals surface area contributed by atoms with E-state index in [0.717, 1.165) is 19.0 Å². The van der Waals surface area contributed by atoms with E-state index in [1.165, 1.54) is 25.7 Å². The predicted molar refractivity (Wildman–Crippen MR) is 63.0 cm³/mol. The highest BCUT2D eigenvalue weighted by Crippen LogP contribution is 2.38. The van der Waals surface area contributed by atoms with E-state index in [2.05, 4.69) is 24.3 Å². The molecule has 0 saturated carbocycles. The fourth-order valence-corrected chi connectivity index (χ4v) is 2.99. The first kappa shape index (κ1) is 11.0. The summed E-state index contributed by atoms with van der Waals surface area (Å²) in [6.07, 6.45) is 5.25. The summed E-state index contributed by atoms with van der Waals surface area (Å²) in [5.74, 6) is 0.762. The van der Waals surface area contributed by atoms with Gasteiger partial charge in [0.05, 0.1) is 0 Å². The first-order valence-electron chi connectivity index (χ1n) is 6.24. The molecule has 0 saturated heterocycles. The Balaban J connectivity index is 2.22. The van der Waals surface area contributed by atoms with Crippen molar-refractivity contribution in [3.63, 3.8) is 0 Å². The normalized spacial score (nSPS) is 31.0. The molecule has 0 spiro atoms. The lowest BCUT2D eigenvalue weighted by atomic mass is 9.84. The highest BCUT2D eigenvalue weighted by atomic mass is 15.5. The van der Waals surface area contributed by atoms with E-state index < -0.39 is 0 Å². The molecule has 1 heterocycles. The molecule has 15 heavy (non-hydrogen) atoms. The van der Waals surface area contributed by atoms with Crippen molar-refractivity contribution in [2.75, 3.05) is 13.1 Å². The second-order valence-corrected chi connectivity index (χ2v) is 4.70. The minimum Gasteiger partial charge on any atom is -0.329 e. The van der Waals surface area contributed by atoms with Gasteiger partial charge in [-0.3, -0.25) is 0 Å². The fourth-order valence-electron chi connectivity index (χ4n) is 2.99. The molecule has 0 radical (unpaired) electrons. The second-order valence-electron chi connectivity index (χ2n) is 4.70. The number of nitrogens with two attached hydrogens (primary N) is 1. The highest BCUT2D eigenvalue weighted by Gasteiger charge is 2.33. The Bertz CT molecular complexity index is 260. The Labute approximate surface area is 92.7 Å². The van der Waals surface area contributed by atoms with Crippen LogP contribution in [-0.2, 0) is 0 Å². The topological polar surface area (TPSA) is 41.3 Å². The van der Waals surface area contributed by atoms with Crippen molar-refractivity contribution in [3.8, 4) is 0 Å². The van der Waals surface area contributed by atoms with E-state index in [1.54, 1.807) is 11.3 Å². The van der Waals surface area contributed by atoms with Crippen LogP contribution < -0.4 is 11.2 Å². The number of rotatable bonds is 3. The Morgan fingerprint density at radius 2 is 2.33 bits per heavy atom. The zero-order valence-corrected chi connectivity index (χ0v) is 9.92. The molecule has 2 atom stereocenters. The Kier molecular flexibility index (Phi) is 3.32. The maximum atomic E-state index is 5.66. The number of hydrogen-bond acceptors (Lipinski definition) is 3. The lowest BCUT2D eigenvalue weighted by Gasteiger charge is -2.30. The lowest BCUT2D eigenvalue weighted by molar-refractivity contribution is 0.233. The summed E-state index contributed by atoms with van der Waals surface area (Å²) < 4.78 is 0. The summed E-state index contributed by atoms with van der Waals surface area (Å²) >= 11 is 0. The van der Waals surface area contributed by atoms with Gasteiger partial charge in [-0.15, -0.1) is 0 Å². The van der Waals surface area contributed by atoms with E-state index in [0.29, 0.717) is 6.04 Å². The molecule has 0 aromatic rings. The van der Waals surface area contributed by atoms with E-state index in [1.807, 2.05) is 0 Å². The molecule has 1 aliphatic heterocycles. The largest absolute Gasteiger partial charge is 0.329 e. The molecule has 2 rings (SSSR count). The van der Waals surface area contributed by atoms with Gasteiger partial charge in [0.25, 0.3) is 0 Å². The van der Waals surface area contributed by atoms with Crippen molar-refractivity contribution in [1.29, 1.82) is 0 Å². The van der Waals surface area contributed by atoms with Gasteiger partial charge in [-0.1, -0.05) is 6.92 Å². The summed E-state index contributed by atoms with van der Waals surface area (Å²) in [5, 5.41) is 2.31. The molecule has 0 fully saturated rings. The van der Waals surface area contributed by atoms with E-state index >= 15 is 0 Å². The molecular weight excluding hydrogens is 186 g/mol. The van der Waals surface area contributed by atoms with Crippen LogP contribution in [0.3, 0.4) is 0 Å². The van der Waals surface area contributed by atoms with Gasteiger partial charge in [-0.05, 0) is 38.2 Å². The molecule has 0 bridgehead atoms. The van der Waals surface area contributed by atoms with Gasteiger partial charge in [0, 0.05) is 30.7 Å². The van der Waals surface area contributed by atoms with Crippen LogP contribution in [0.4, 0.5) is 0 Å². The molecule has 1 aliphatic carbocycles. The number of hydrogen-bond donors (Lipinski definition) is 2. The first-order chi connectivity index (χ1) is 7.27. The van der Waals surface area contributed by atoms with E-state index in [-0.39, 0.29) is 0 Å². The SMILES string of the molecule is CCC1CCCC2=C1N(CCN)NC2C. The molecule has 2 unspecified atom stereocenters. The van der Waals surface area contributed by atoms with Crippen molar-refractivity contribution >= 4 is 0 Å². The minimum absolute atomic E-state index is 0.529. The first-order valence-corrected chi connectivity index (χ1v) is 6.24. The van der Waals surface area contributed by atoms with Crippen molar-refractivity contribution in [3.05, 3.63) is 11.3 Å². The third-order valence-corrected chi connectivity index (χ3v) is 3.72. The Morgan fingerprint density at radius 1 is 1.53 bits per heavy atom. The number of hydrazine groups is 1. The summed E-state index contributed by atoms with van der Waals surface area (Å²) in [6.45, 7) is 6.24. The number of nitrogens with zero attached hydrogens (tertiary/aromatic N) is 1. The zero-order chi connectivity index (χ0) is 10.8. The van der Waals surface area contributed by atoms with Gasteiger partial charge in [-0.25, -0.2) is 5.43 Å². The average Bonchev–Trinajstić information content (AvgIpc) is 2.57. The third kappa shape index (κ3) is 1.91. The molecule has 0 aromatic heterocycles. The maximum absolute atomic E-state index is 5.66. The van der Waals surface area contributed by atoms with Crippen LogP contribution in [0, 0.1) is 5.92 Å². The summed E-state index contributed by atoms with van der Waals surface area (Å²) in [4.78, 5) is 0. The molecule has 3 heteroatoms.